The van der Waals surface area contributed by atoms with E-state index in [-0.39, 0.29) is 6.10 Å². The first-order valence-corrected chi connectivity index (χ1v) is 6.85. The maximum Gasteiger partial charge on any atom is 0.290 e. The van der Waals surface area contributed by atoms with Crippen molar-refractivity contribution < 1.29 is 9.05 Å². The Bertz CT molecular complexity index is 396. The minimum atomic E-state index is -0.886. The number of fused-ring (bicyclic) bond motifs is 5. The molecule has 4 heteroatoms. The van der Waals surface area contributed by atoms with E-state index < -0.39 is 8.53 Å². The lowest BCUT2D eigenvalue weighted by molar-refractivity contribution is 0.189. The Hall–Kier alpha value is -0.630. The molecule has 2 bridgehead atoms. The molecule has 0 radical (unpaired) electrons. The Morgan fingerprint density at radius 2 is 2.25 bits per heavy atom. The van der Waals surface area contributed by atoms with Gasteiger partial charge in [-0.2, -0.15) is 0 Å². The monoisotopic (exact) mass is 237 g/mol. The van der Waals surface area contributed by atoms with E-state index in [0.717, 1.165) is 13.2 Å². The summed E-state index contributed by atoms with van der Waals surface area (Å²) < 4.78 is 14.0. The number of para-hydroxylation sites is 1. The number of hydrogen-bond acceptors (Lipinski definition) is 3. The van der Waals surface area contributed by atoms with E-state index in [1.54, 1.807) is 0 Å². The average Bonchev–Trinajstić information content (AvgIpc) is 2.58. The lowest BCUT2D eigenvalue weighted by Gasteiger charge is -2.32. The Kier molecular flexibility index (Phi) is 2.62. The van der Waals surface area contributed by atoms with Gasteiger partial charge in [0, 0.05) is 18.2 Å². The van der Waals surface area contributed by atoms with E-state index in [2.05, 4.69) is 42.8 Å². The van der Waals surface area contributed by atoms with Crippen molar-refractivity contribution in [1.29, 1.82) is 0 Å². The Balaban J connectivity index is 1.90. The normalized spacial score (nSPS) is 27.3. The van der Waals surface area contributed by atoms with Gasteiger partial charge in [-0.15, -0.1) is 0 Å². The summed E-state index contributed by atoms with van der Waals surface area (Å²) in [5.41, 5.74) is 2.72. The molecule has 3 nitrogen and oxygen atoms in total. The van der Waals surface area contributed by atoms with Gasteiger partial charge in [0.05, 0.1) is 12.7 Å². The molecule has 1 unspecified atom stereocenters. The molecule has 2 aliphatic heterocycles. The smallest absolute Gasteiger partial charge is 0.290 e. The van der Waals surface area contributed by atoms with Crippen molar-refractivity contribution in [2.45, 2.75) is 25.9 Å². The fourth-order valence-corrected chi connectivity index (χ4v) is 3.93. The number of benzene rings is 1. The second-order valence-electron chi connectivity index (χ2n) is 4.53. The summed E-state index contributed by atoms with van der Waals surface area (Å²) in [6, 6.07) is 8.56. The number of rotatable bonds is 2. The first-order valence-electron chi connectivity index (χ1n) is 5.72. The molecular weight excluding hydrogens is 221 g/mol. The molecule has 1 saturated heterocycles. The van der Waals surface area contributed by atoms with Crippen LogP contribution in [-0.2, 0) is 9.05 Å². The van der Waals surface area contributed by atoms with Crippen LogP contribution in [0.25, 0.3) is 0 Å². The van der Waals surface area contributed by atoms with E-state index in [4.69, 9.17) is 9.05 Å². The van der Waals surface area contributed by atoms with Gasteiger partial charge in [0.25, 0.3) is 8.53 Å². The van der Waals surface area contributed by atoms with Crippen LogP contribution in [0.5, 0.6) is 0 Å². The molecule has 1 aromatic carbocycles. The largest absolute Gasteiger partial charge is 0.317 e. The third-order valence-electron chi connectivity index (χ3n) is 2.93. The highest BCUT2D eigenvalue weighted by atomic mass is 31.2. The molecule has 16 heavy (non-hydrogen) atoms. The predicted octanol–water partition coefficient (Wildman–Crippen LogP) is 3.27. The first kappa shape index (κ1) is 10.5. The summed E-state index contributed by atoms with van der Waals surface area (Å²) in [4.78, 5) is 0. The van der Waals surface area contributed by atoms with Gasteiger partial charge in [0.1, 0.15) is 0 Å². The third-order valence-corrected chi connectivity index (χ3v) is 4.68. The summed E-state index contributed by atoms with van der Waals surface area (Å²) in [7, 11) is -0.886. The molecular formula is C12H16NO2P. The number of anilines is 1. The summed E-state index contributed by atoms with van der Waals surface area (Å²) in [5, 5.41) is 0. The highest BCUT2D eigenvalue weighted by Gasteiger charge is 2.40. The lowest BCUT2D eigenvalue weighted by atomic mass is 10.0. The van der Waals surface area contributed by atoms with Crippen LogP contribution in [0.4, 0.5) is 5.69 Å². The Labute approximate surface area is 97.3 Å². The standard InChI is InChI=1S/C12H16NO2P/c1-9(2)15-16-13-7-10(8-14-16)11-5-3-4-6-12(11)13/h3-6,9-10H,7-8H2,1-2H3/t10-,16?/m1/s1. The van der Waals surface area contributed by atoms with Crippen molar-refractivity contribution in [3.05, 3.63) is 29.8 Å². The molecule has 1 fully saturated rings. The molecule has 0 aromatic heterocycles. The molecule has 0 spiro atoms. The highest BCUT2D eigenvalue weighted by molar-refractivity contribution is 7.49. The quantitative estimate of drug-likeness (QED) is 0.737. The number of nitrogens with zero attached hydrogens (tertiary/aromatic N) is 1. The van der Waals surface area contributed by atoms with Crippen LogP contribution in [0.2, 0.25) is 0 Å². The van der Waals surface area contributed by atoms with E-state index in [9.17, 15) is 0 Å². The van der Waals surface area contributed by atoms with Crippen LogP contribution in [0.1, 0.15) is 25.3 Å². The van der Waals surface area contributed by atoms with E-state index in [0.29, 0.717) is 5.92 Å². The van der Waals surface area contributed by atoms with Gasteiger partial charge < -0.3 is 13.7 Å². The maximum absolute atomic E-state index is 5.85. The molecule has 86 valence electrons. The van der Waals surface area contributed by atoms with Crippen LogP contribution >= 0.6 is 8.53 Å². The van der Waals surface area contributed by atoms with Gasteiger partial charge in [-0.3, -0.25) is 0 Å². The fourth-order valence-electron chi connectivity index (χ4n) is 2.26. The summed E-state index contributed by atoms with van der Waals surface area (Å²) in [5.74, 6) is 0.533. The second-order valence-corrected chi connectivity index (χ2v) is 5.95. The predicted molar refractivity (Wildman–Crippen MR) is 65.6 cm³/mol. The molecule has 0 N–H and O–H groups in total. The van der Waals surface area contributed by atoms with Crippen LogP contribution in [0.15, 0.2) is 24.3 Å². The van der Waals surface area contributed by atoms with Crippen LogP contribution in [-0.4, -0.2) is 19.3 Å². The van der Waals surface area contributed by atoms with Crippen molar-refractivity contribution in [3.63, 3.8) is 0 Å². The van der Waals surface area contributed by atoms with Crippen molar-refractivity contribution in [3.8, 4) is 0 Å². The molecule has 0 amide bonds. The lowest BCUT2D eigenvalue weighted by Crippen LogP contribution is -2.26. The number of hydrogen-bond donors (Lipinski definition) is 0. The average molecular weight is 237 g/mol. The SMILES string of the molecule is CC(C)OP1OC[C@H]2CN1c1ccccc12. The molecule has 2 aliphatic rings. The zero-order valence-corrected chi connectivity index (χ0v) is 10.5. The molecule has 2 atom stereocenters. The topological polar surface area (TPSA) is 21.7 Å². The zero-order chi connectivity index (χ0) is 11.1. The van der Waals surface area contributed by atoms with Crippen molar-refractivity contribution in [1.82, 2.24) is 0 Å². The van der Waals surface area contributed by atoms with Gasteiger partial charge in [0.15, 0.2) is 0 Å². The van der Waals surface area contributed by atoms with Gasteiger partial charge >= 0.3 is 0 Å². The van der Waals surface area contributed by atoms with Gasteiger partial charge in [-0.25, -0.2) is 0 Å². The Morgan fingerprint density at radius 3 is 3.06 bits per heavy atom. The van der Waals surface area contributed by atoms with E-state index >= 15 is 0 Å². The summed E-state index contributed by atoms with van der Waals surface area (Å²) in [6.45, 7) is 5.96. The minimum absolute atomic E-state index is 0.218. The maximum atomic E-state index is 5.85. The van der Waals surface area contributed by atoms with Crippen LogP contribution in [0, 0.1) is 0 Å². The summed E-state index contributed by atoms with van der Waals surface area (Å²) >= 11 is 0. The van der Waals surface area contributed by atoms with Crippen LogP contribution in [0.3, 0.4) is 0 Å². The van der Waals surface area contributed by atoms with Crippen molar-refractivity contribution in [2.24, 2.45) is 0 Å². The first-order chi connectivity index (χ1) is 7.75. The van der Waals surface area contributed by atoms with Crippen molar-refractivity contribution in [2.75, 3.05) is 17.8 Å². The molecule has 3 rings (SSSR count). The molecule has 1 aromatic rings. The fraction of sp³-hybridized carbons (Fsp3) is 0.500. The van der Waals surface area contributed by atoms with Gasteiger partial charge in [-0.1, -0.05) is 18.2 Å². The summed E-state index contributed by atoms with van der Waals surface area (Å²) in [6.07, 6.45) is 0.218. The van der Waals surface area contributed by atoms with Gasteiger partial charge in [0.2, 0.25) is 0 Å². The van der Waals surface area contributed by atoms with Gasteiger partial charge in [-0.05, 0) is 25.5 Å². The van der Waals surface area contributed by atoms with Crippen LogP contribution < -0.4 is 4.67 Å². The minimum Gasteiger partial charge on any atom is -0.317 e. The van der Waals surface area contributed by atoms with Crippen molar-refractivity contribution >= 4 is 14.2 Å². The highest BCUT2D eigenvalue weighted by Crippen LogP contribution is 2.57. The molecule has 0 aliphatic carbocycles. The second kappa shape index (κ2) is 3.99. The van der Waals surface area contributed by atoms with E-state index in [1.807, 2.05) is 0 Å². The zero-order valence-electron chi connectivity index (χ0n) is 9.59. The molecule has 2 heterocycles. The third kappa shape index (κ3) is 1.64. The van der Waals surface area contributed by atoms with E-state index in [1.165, 1.54) is 11.3 Å². The Morgan fingerprint density at radius 1 is 1.44 bits per heavy atom. The molecule has 0 saturated carbocycles.